The van der Waals surface area contributed by atoms with Gasteiger partial charge in [-0.25, -0.2) is 0 Å². The molecule has 2 rings (SSSR count). The molecule has 0 bridgehead atoms. The first kappa shape index (κ1) is 10.9. The number of benzene rings is 2. The molecule has 0 saturated carbocycles. The van der Waals surface area contributed by atoms with Gasteiger partial charge in [-0.2, -0.15) is 0 Å². The summed E-state index contributed by atoms with van der Waals surface area (Å²) in [5.41, 5.74) is 0. The molecular formula is C13H12O2S. The molecule has 0 unspecified atom stereocenters. The zero-order chi connectivity index (χ0) is 11.4. The van der Waals surface area contributed by atoms with Crippen LogP contribution in [0.1, 0.15) is 0 Å². The Morgan fingerprint density at radius 1 is 1.06 bits per heavy atom. The number of phenolic OH excluding ortho intramolecular Hbond substituents is 1. The number of phenols is 1. The van der Waals surface area contributed by atoms with Crippen molar-refractivity contribution in [1.82, 2.24) is 0 Å². The summed E-state index contributed by atoms with van der Waals surface area (Å²) in [4.78, 5) is 2.14. The minimum Gasteiger partial charge on any atom is -0.508 e. The minimum absolute atomic E-state index is 0.217. The second-order valence-electron chi connectivity index (χ2n) is 3.25. The summed E-state index contributed by atoms with van der Waals surface area (Å²) in [7, 11) is 1.60. The maximum Gasteiger partial charge on any atom is 0.136 e. The quantitative estimate of drug-likeness (QED) is 0.877. The van der Waals surface area contributed by atoms with Crippen LogP contribution >= 0.6 is 11.8 Å². The van der Waals surface area contributed by atoms with Crippen LogP contribution in [-0.4, -0.2) is 12.2 Å². The highest BCUT2D eigenvalue weighted by Crippen LogP contribution is 2.36. The lowest BCUT2D eigenvalue weighted by Crippen LogP contribution is -1.85. The monoisotopic (exact) mass is 232 g/mol. The maximum absolute atomic E-state index is 9.35. The van der Waals surface area contributed by atoms with E-state index >= 15 is 0 Å². The molecule has 0 amide bonds. The summed E-state index contributed by atoms with van der Waals surface area (Å²) in [5, 5.41) is 9.35. The topological polar surface area (TPSA) is 29.5 Å². The van der Waals surface area contributed by atoms with Crippen molar-refractivity contribution >= 4 is 11.8 Å². The summed E-state index contributed by atoms with van der Waals surface area (Å²) >= 11 is 1.61. The predicted molar refractivity (Wildman–Crippen MR) is 65.2 cm³/mol. The third-order valence-corrected chi connectivity index (χ3v) is 3.18. The minimum atomic E-state index is 0.217. The molecule has 2 aromatic rings. The summed E-state index contributed by atoms with van der Waals surface area (Å²) < 4.78 is 5.22. The fraction of sp³-hybridized carbons (Fsp3) is 0.0769. The lowest BCUT2D eigenvalue weighted by atomic mass is 10.3. The molecule has 0 aliphatic rings. The maximum atomic E-state index is 9.35. The van der Waals surface area contributed by atoms with E-state index in [9.17, 15) is 5.11 Å². The highest BCUT2D eigenvalue weighted by atomic mass is 32.2. The van der Waals surface area contributed by atoms with Crippen molar-refractivity contribution in [1.29, 1.82) is 0 Å². The number of hydrogen-bond donors (Lipinski definition) is 1. The van der Waals surface area contributed by atoms with Gasteiger partial charge in [0.25, 0.3) is 0 Å². The zero-order valence-corrected chi connectivity index (χ0v) is 9.70. The second-order valence-corrected chi connectivity index (χ2v) is 4.37. The van der Waals surface area contributed by atoms with Crippen molar-refractivity contribution in [3.63, 3.8) is 0 Å². The van der Waals surface area contributed by atoms with Crippen molar-refractivity contribution in [3.8, 4) is 11.5 Å². The molecule has 3 heteroatoms. The number of hydrogen-bond acceptors (Lipinski definition) is 3. The van der Waals surface area contributed by atoms with E-state index in [4.69, 9.17) is 4.74 Å². The molecule has 0 radical (unpaired) electrons. The van der Waals surface area contributed by atoms with Crippen LogP contribution in [0.25, 0.3) is 0 Å². The average molecular weight is 232 g/mol. The Morgan fingerprint density at radius 2 is 1.81 bits per heavy atom. The average Bonchev–Trinajstić information content (AvgIpc) is 2.33. The third kappa shape index (κ3) is 2.49. The van der Waals surface area contributed by atoms with Crippen LogP contribution in [-0.2, 0) is 0 Å². The lowest BCUT2D eigenvalue weighted by molar-refractivity contribution is 0.398. The van der Waals surface area contributed by atoms with Crippen LogP contribution in [0.15, 0.2) is 58.3 Å². The van der Waals surface area contributed by atoms with E-state index < -0.39 is 0 Å². The van der Waals surface area contributed by atoms with E-state index in [-0.39, 0.29) is 5.75 Å². The van der Waals surface area contributed by atoms with Crippen LogP contribution in [0.4, 0.5) is 0 Å². The first-order valence-electron chi connectivity index (χ1n) is 4.89. The lowest BCUT2D eigenvalue weighted by Gasteiger charge is -2.08. The van der Waals surface area contributed by atoms with Gasteiger partial charge in [-0.05, 0) is 24.3 Å². The highest BCUT2D eigenvalue weighted by molar-refractivity contribution is 7.99. The van der Waals surface area contributed by atoms with Crippen molar-refractivity contribution in [2.45, 2.75) is 9.79 Å². The molecule has 16 heavy (non-hydrogen) atoms. The number of methoxy groups -OCH3 is 1. The van der Waals surface area contributed by atoms with Crippen LogP contribution in [0.3, 0.4) is 0 Å². The molecule has 0 atom stereocenters. The van der Waals surface area contributed by atoms with Gasteiger partial charge < -0.3 is 9.84 Å². The Morgan fingerprint density at radius 3 is 2.50 bits per heavy atom. The first-order chi connectivity index (χ1) is 7.79. The van der Waals surface area contributed by atoms with Crippen LogP contribution in [0.5, 0.6) is 11.5 Å². The molecule has 2 nitrogen and oxygen atoms in total. The fourth-order valence-electron chi connectivity index (χ4n) is 1.36. The van der Waals surface area contributed by atoms with Gasteiger partial charge in [-0.3, -0.25) is 0 Å². The predicted octanol–water partition coefficient (Wildman–Crippen LogP) is 3.55. The van der Waals surface area contributed by atoms with Gasteiger partial charge in [0.15, 0.2) is 0 Å². The summed E-state index contributed by atoms with van der Waals surface area (Å²) in [5.74, 6) is 0.906. The van der Waals surface area contributed by atoms with Gasteiger partial charge in [0.1, 0.15) is 11.5 Å². The van der Waals surface area contributed by atoms with Gasteiger partial charge in [-0.15, -0.1) is 0 Å². The van der Waals surface area contributed by atoms with Gasteiger partial charge in [-0.1, -0.05) is 30.0 Å². The van der Waals surface area contributed by atoms with E-state index in [0.29, 0.717) is 5.75 Å². The van der Waals surface area contributed by atoms with Crippen LogP contribution < -0.4 is 4.74 Å². The molecule has 0 aromatic heterocycles. The van der Waals surface area contributed by atoms with E-state index in [1.807, 2.05) is 36.4 Å². The molecule has 0 fully saturated rings. The molecule has 1 N–H and O–H groups in total. The number of rotatable bonds is 3. The van der Waals surface area contributed by atoms with Gasteiger partial charge in [0.05, 0.1) is 12.0 Å². The zero-order valence-electron chi connectivity index (χ0n) is 8.88. The Hall–Kier alpha value is -1.61. The molecule has 0 saturated heterocycles. The molecule has 2 aromatic carbocycles. The molecule has 0 heterocycles. The van der Waals surface area contributed by atoms with Crippen molar-refractivity contribution < 1.29 is 9.84 Å². The molecule has 0 aliphatic carbocycles. The summed E-state index contributed by atoms with van der Waals surface area (Å²) in [6.07, 6.45) is 0. The normalized spacial score (nSPS) is 10.1. The SMILES string of the molecule is COc1cc(O)ccc1Sc1ccccc1. The fourth-order valence-corrected chi connectivity index (χ4v) is 2.28. The van der Waals surface area contributed by atoms with E-state index in [1.54, 1.807) is 31.0 Å². The van der Waals surface area contributed by atoms with Gasteiger partial charge >= 0.3 is 0 Å². The Balaban J connectivity index is 2.28. The number of ether oxygens (including phenoxy) is 1. The Labute approximate surface area is 98.9 Å². The van der Waals surface area contributed by atoms with Crippen molar-refractivity contribution in [2.24, 2.45) is 0 Å². The van der Waals surface area contributed by atoms with Gasteiger partial charge in [0, 0.05) is 11.0 Å². The second kappa shape index (κ2) is 4.94. The Kier molecular flexibility index (Phi) is 3.37. The van der Waals surface area contributed by atoms with Crippen molar-refractivity contribution in [2.75, 3.05) is 7.11 Å². The van der Waals surface area contributed by atoms with Crippen LogP contribution in [0.2, 0.25) is 0 Å². The third-order valence-electron chi connectivity index (χ3n) is 2.12. The van der Waals surface area contributed by atoms with E-state index in [1.165, 1.54) is 0 Å². The molecule has 0 aliphatic heterocycles. The first-order valence-corrected chi connectivity index (χ1v) is 5.71. The van der Waals surface area contributed by atoms with Gasteiger partial charge in [0.2, 0.25) is 0 Å². The summed E-state index contributed by atoms with van der Waals surface area (Å²) in [6, 6.07) is 15.2. The van der Waals surface area contributed by atoms with Crippen LogP contribution in [0, 0.1) is 0 Å². The smallest absolute Gasteiger partial charge is 0.136 e. The molecular weight excluding hydrogens is 220 g/mol. The largest absolute Gasteiger partial charge is 0.508 e. The molecule has 0 spiro atoms. The summed E-state index contributed by atoms with van der Waals surface area (Å²) in [6.45, 7) is 0. The van der Waals surface area contributed by atoms with Crippen molar-refractivity contribution in [3.05, 3.63) is 48.5 Å². The molecule has 82 valence electrons. The standard InChI is InChI=1S/C13H12O2S/c1-15-12-9-10(14)7-8-13(12)16-11-5-3-2-4-6-11/h2-9,14H,1H3. The highest BCUT2D eigenvalue weighted by Gasteiger charge is 2.05. The van der Waals surface area contributed by atoms with E-state index in [0.717, 1.165) is 9.79 Å². The number of aromatic hydroxyl groups is 1. The van der Waals surface area contributed by atoms with E-state index in [2.05, 4.69) is 0 Å². The Bertz CT molecular complexity index is 469.